The summed E-state index contributed by atoms with van der Waals surface area (Å²) >= 11 is 0. The minimum atomic E-state index is 0.698. The Labute approximate surface area is 104 Å². The second kappa shape index (κ2) is 5.89. The summed E-state index contributed by atoms with van der Waals surface area (Å²) in [5.41, 5.74) is 13.4. The summed E-state index contributed by atoms with van der Waals surface area (Å²) in [7, 11) is 6.04. The first kappa shape index (κ1) is 13.8. The summed E-state index contributed by atoms with van der Waals surface area (Å²) in [4.78, 5) is 0. The molecule has 1 aromatic carbocycles. The average molecular weight is 238 g/mol. The Morgan fingerprint density at radius 1 is 1.29 bits per heavy atom. The number of nitrogen functional groups attached to an aromatic ring is 1. The smallest absolute Gasteiger partial charge is 0.141 e. The van der Waals surface area contributed by atoms with E-state index in [0.29, 0.717) is 5.69 Å². The molecule has 0 bridgehead atoms. The Kier molecular flexibility index (Phi) is 4.78. The fourth-order valence-electron chi connectivity index (χ4n) is 1.97. The second-order valence-electron chi connectivity index (χ2n) is 5.04. The number of hydrogen-bond acceptors (Lipinski definition) is 3. The van der Waals surface area contributed by atoms with Gasteiger partial charge < -0.3 is 20.7 Å². The van der Waals surface area contributed by atoms with Gasteiger partial charge in [0.25, 0.3) is 0 Å². The normalized spacial score (nSPS) is 11.5. The van der Waals surface area contributed by atoms with Crippen LogP contribution in [0.15, 0.2) is 18.2 Å². The van der Waals surface area contributed by atoms with Crippen LogP contribution in [-0.4, -0.2) is 38.8 Å². The summed E-state index contributed by atoms with van der Waals surface area (Å²) in [6.45, 7) is 2.77. The molecule has 0 saturated carbocycles. The predicted octanol–water partition coefficient (Wildman–Crippen LogP) is 1.20. The molecule has 0 fully saturated rings. The van der Waals surface area contributed by atoms with Gasteiger partial charge in [-0.2, -0.15) is 0 Å². The fourth-order valence-corrected chi connectivity index (χ4v) is 1.97. The van der Waals surface area contributed by atoms with Crippen LogP contribution in [-0.2, 0) is 6.54 Å². The molecule has 0 aliphatic heterocycles. The monoisotopic (exact) mass is 238 g/mol. The third-order valence-electron chi connectivity index (χ3n) is 2.87. The van der Waals surface area contributed by atoms with E-state index in [2.05, 4.69) is 20.2 Å². The molecule has 0 aliphatic rings. The van der Waals surface area contributed by atoms with E-state index in [-0.39, 0.29) is 0 Å². The molecule has 0 atom stereocenters. The van der Waals surface area contributed by atoms with Gasteiger partial charge in [-0.25, -0.2) is 0 Å². The van der Waals surface area contributed by atoms with Gasteiger partial charge in [-0.15, -0.1) is 0 Å². The van der Waals surface area contributed by atoms with Crippen LogP contribution in [0.1, 0.15) is 12.0 Å². The van der Waals surface area contributed by atoms with Crippen molar-refractivity contribution in [2.45, 2.75) is 13.0 Å². The number of rotatable bonds is 6. The van der Waals surface area contributed by atoms with Crippen LogP contribution >= 0.6 is 0 Å². The van der Waals surface area contributed by atoms with Crippen molar-refractivity contribution in [2.24, 2.45) is 5.73 Å². The van der Waals surface area contributed by atoms with Gasteiger partial charge in [-0.3, -0.25) is 0 Å². The van der Waals surface area contributed by atoms with Crippen molar-refractivity contribution in [1.82, 2.24) is 0 Å². The first-order valence-corrected chi connectivity index (χ1v) is 5.93. The maximum absolute atomic E-state index is 5.90. The molecule has 4 nitrogen and oxygen atoms in total. The zero-order valence-corrected chi connectivity index (χ0v) is 11.1. The Bertz CT molecular complexity index is 364. The van der Waals surface area contributed by atoms with Crippen LogP contribution in [0.2, 0.25) is 0 Å². The van der Waals surface area contributed by atoms with Crippen molar-refractivity contribution >= 4 is 5.69 Å². The molecule has 0 saturated heterocycles. The van der Waals surface area contributed by atoms with E-state index in [1.165, 1.54) is 5.56 Å². The van der Waals surface area contributed by atoms with Crippen molar-refractivity contribution in [3.05, 3.63) is 23.8 Å². The summed E-state index contributed by atoms with van der Waals surface area (Å²) in [5, 5.41) is 0. The third kappa shape index (κ3) is 4.24. The lowest BCUT2D eigenvalue weighted by Crippen LogP contribution is -2.40. The molecule has 96 valence electrons. The lowest BCUT2D eigenvalue weighted by atomic mass is 10.1. The highest BCUT2D eigenvalue weighted by Crippen LogP contribution is 2.23. The number of anilines is 1. The first-order chi connectivity index (χ1) is 7.98. The molecule has 0 aromatic heterocycles. The number of hydrogen-bond donors (Lipinski definition) is 2. The minimum Gasteiger partial charge on any atom is -0.495 e. The molecule has 0 spiro atoms. The van der Waals surface area contributed by atoms with Crippen molar-refractivity contribution < 1.29 is 9.22 Å². The molecule has 4 N–H and O–H groups in total. The number of nitrogens with zero attached hydrogens (tertiary/aromatic N) is 1. The number of nitrogens with two attached hydrogens (primary N) is 2. The van der Waals surface area contributed by atoms with Crippen LogP contribution in [0.4, 0.5) is 5.69 Å². The van der Waals surface area contributed by atoms with E-state index in [0.717, 1.165) is 36.3 Å². The average Bonchev–Trinajstić information content (AvgIpc) is 2.26. The number of quaternary nitrogens is 1. The van der Waals surface area contributed by atoms with E-state index in [1.807, 2.05) is 12.1 Å². The van der Waals surface area contributed by atoms with Crippen LogP contribution in [0.25, 0.3) is 0 Å². The molecule has 1 rings (SSSR count). The molecular formula is C13H24N3O+. The molecule has 4 heteroatoms. The zero-order valence-electron chi connectivity index (χ0n) is 11.1. The van der Waals surface area contributed by atoms with E-state index < -0.39 is 0 Å². The molecular weight excluding hydrogens is 214 g/mol. The summed E-state index contributed by atoms with van der Waals surface area (Å²) in [6.07, 6.45) is 1.04. The van der Waals surface area contributed by atoms with Gasteiger partial charge in [-0.05, 0) is 24.7 Å². The van der Waals surface area contributed by atoms with Gasteiger partial charge in [0.15, 0.2) is 0 Å². The van der Waals surface area contributed by atoms with Crippen molar-refractivity contribution in [3.63, 3.8) is 0 Å². The molecule has 17 heavy (non-hydrogen) atoms. The molecule has 0 radical (unpaired) electrons. The molecule has 0 amide bonds. The lowest BCUT2D eigenvalue weighted by molar-refractivity contribution is -0.903. The second-order valence-corrected chi connectivity index (χ2v) is 5.04. The summed E-state index contributed by atoms with van der Waals surface area (Å²) < 4.78 is 6.07. The van der Waals surface area contributed by atoms with Gasteiger partial charge in [-0.1, -0.05) is 0 Å². The Morgan fingerprint density at radius 3 is 2.53 bits per heavy atom. The van der Waals surface area contributed by atoms with Gasteiger partial charge in [0, 0.05) is 12.0 Å². The zero-order chi connectivity index (χ0) is 12.9. The van der Waals surface area contributed by atoms with Crippen LogP contribution in [0.3, 0.4) is 0 Å². The van der Waals surface area contributed by atoms with Crippen LogP contribution in [0.5, 0.6) is 5.75 Å². The van der Waals surface area contributed by atoms with E-state index in [4.69, 9.17) is 16.2 Å². The Morgan fingerprint density at radius 2 is 2.00 bits per heavy atom. The molecule has 0 aliphatic carbocycles. The number of methoxy groups -OCH3 is 1. The van der Waals surface area contributed by atoms with E-state index in [1.54, 1.807) is 7.11 Å². The van der Waals surface area contributed by atoms with Gasteiger partial charge in [0.2, 0.25) is 0 Å². The Balaban J connectivity index is 2.71. The third-order valence-corrected chi connectivity index (χ3v) is 2.87. The quantitative estimate of drug-likeness (QED) is 0.578. The van der Waals surface area contributed by atoms with E-state index in [9.17, 15) is 0 Å². The Hall–Kier alpha value is -1.26. The fraction of sp³-hybridized carbons (Fsp3) is 0.538. The lowest BCUT2D eigenvalue weighted by Gasteiger charge is -2.30. The summed E-state index contributed by atoms with van der Waals surface area (Å²) in [5.74, 6) is 0.737. The van der Waals surface area contributed by atoms with Crippen molar-refractivity contribution in [3.8, 4) is 5.75 Å². The molecule has 0 unspecified atom stereocenters. The SMILES string of the molecule is COc1ccc(C[N+](C)(C)CCCN)cc1N. The molecule has 0 heterocycles. The highest BCUT2D eigenvalue weighted by molar-refractivity contribution is 5.54. The van der Waals surface area contributed by atoms with E-state index >= 15 is 0 Å². The first-order valence-electron chi connectivity index (χ1n) is 5.93. The molecule has 1 aromatic rings. The highest BCUT2D eigenvalue weighted by atomic mass is 16.5. The maximum atomic E-state index is 5.90. The van der Waals surface area contributed by atoms with Gasteiger partial charge in [0.1, 0.15) is 12.3 Å². The van der Waals surface area contributed by atoms with Gasteiger partial charge in [0.05, 0.1) is 33.4 Å². The minimum absolute atomic E-state index is 0.698. The topological polar surface area (TPSA) is 61.3 Å². The van der Waals surface area contributed by atoms with Crippen molar-refractivity contribution in [1.29, 1.82) is 0 Å². The van der Waals surface area contributed by atoms with Crippen molar-refractivity contribution in [2.75, 3.05) is 40.0 Å². The van der Waals surface area contributed by atoms with Gasteiger partial charge >= 0.3 is 0 Å². The highest BCUT2D eigenvalue weighted by Gasteiger charge is 2.15. The maximum Gasteiger partial charge on any atom is 0.141 e. The number of benzene rings is 1. The standard InChI is InChI=1S/C13H24N3O/c1-16(2,8-4-7-14)10-11-5-6-13(17-3)12(15)9-11/h5-6,9H,4,7-8,10,14-15H2,1-3H3/q+1. The largest absolute Gasteiger partial charge is 0.495 e. The van der Waals surface area contributed by atoms with Crippen LogP contribution < -0.4 is 16.2 Å². The number of ether oxygens (including phenoxy) is 1. The summed E-state index contributed by atoms with van der Waals surface area (Å²) in [6, 6.07) is 5.98. The van der Waals surface area contributed by atoms with Crippen LogP contribution in [0, 0.1) is 0 Å². The predicted molar refractivity (Wildman–Crippen MR) is 71.8 cm³/mol.